The lowest BCUT2D eigenvalue weighted by molar-refractivity contribution is 0.0299. The van der Waals surface area contributed by atoms with E-state index in [2.05, 4.69) is 21.8 Å². The van der Waals surface area contributed by atoms with Gasteiger partial charge in [-0.3, -0.25) is 4.79 Å². The lowest BCUT2D eigenvalue weighted by atomic mass is 10.2. The fourth-order valence-corrected chi connectivity index (χ4v) is 2.68. The van der Waals surface area contributed by atoms with E-state index in [0.717, 1.165) is 32.0 Å². The van der Waals surface area contributed by atoms with Crippen molar-refractivity contribution in [3.05, 3.63) is 23.9 Å². The normalized spacial score (nSPS) is 20.6. The maximum atomic E-state index is 12.5. The molecule has 2 fully saturated rings. The smallest absolute Gasteiger partial charge is 0.272 e. The molecule has 0 spiro atoms. The molecular weight excluding hydrogens is 268 g/mol. The van der Waals surface area contributed by atoms with Gasteiger partial charge in [-0.25, -0.2) is 4.98 Å². The molecule has 6 heteroatoms. The van der Waals surface area contributed by atoms with E-state index in [1.165, 1.54) is 0 Å². The zero-order valence-corrected chi connectivity index (χ0v) is 12.5. The average Bonchev–Trinajstić information content (AvgIpc) is 2.56. The van der Waals surface area contributed by atoms with Crippen molar-refractivity contribution in [2.45, 2.75) is 0 Å². The van der Waals surface area contributed by atoms with Crippen LogP contribution in [0.1, 0.15) is 10.5 Å². The molecule has 0 radical (unpaired) electrons. The van der Waals surface area contributed by atoms with E-state index >= 15 is 0 Å². The van der Waals surface area contributed by atoms with Crippen molar-refractivity contribution in [3.63, 3.8) is 0 Å². The fraction of sp³-hybridized carbons (Fsp3) is 0.600. The minimum absolute atomic E-state index is 0.00859. The van der Waals surface area contributed by atoms with E-state index < -0.39 is 0 Å². The van der Waals surface area contributed by atoms with Gasteiger partial charge in [0.15, 0.2) is 0 Å². The highest BCUT2D eigenvalue weighted by atomic mass is 16.5. The molecular formula is C15H22N4O2. The number of anilines is 1. The van der Waals surface area contributed by atoms with Crippen LogP contribution in [0.15, 0.2) is 18.2 Å². The second-order valence-corrected chi connectivity index (χ2v) is 5.58. The van der Waals surface area contributed by atoms with Crippen LogP contribution in [0.2, 0.25) is 0 Å². The summed E-state index contributed by atoms with van der Waals surface area (Å²) in [6.07, 6.45) is 0. The summed E-state index contributed by atoms with van der Waals surface area (Å²) in [5, 5.41) is 0. The molecule has 1 aromatic heterocycles. The SMILES string of the molecule is CN1CCN(c2cccc(C(=O)N3CCOCC3)n2)CC1. The van der Waals surface area contributed by atoms with Gasteiger partial charge in [-0.15, -0.1) is 0 Å². The van der Waals surface area contributed by atoms with Crippen molar-refractivity contribution in [2.75, 3.05) is 64.4 Å². The third-order valence-corrected chi connectivity index (χ3v) is 4.08. The van der Waals surface area contributed by atoms with E-state index in [0.29, 0.717) is 32.0 Å². The Balaban J connectivity index is 1.71. The van der Waals surface area contributed by atoms with Crippen LogP contribution >= 0.6 is 0 Å². The van der Waals surface area contributed by atoms with Gasteiger partial charge in [-0.2, -0.15) is 0 Å². The monoisotopic (exact) mass is 290 g/mol. The molecule has 3 rings (SSSR count). The van der Waals surface area contributed by atoms with Crippen LogP contribution in [0.4, 0.5) is 5.82 Å². The number of amides is 1. The zero-order chi connectivity index (χ0) is 14.7. The van der Waals surface area contributed by atoms with Crippen LogP contribution < -0.4 is 4.90 Å². The molecule has 0 unspecified atom stereocenters. The van der Waals surface area contributed by atoms with Gasteiger partial charge in [0, 0.05) is 39.3 Å². The third-order valence-electron chi connectivity index (χ3n) is 4.08. The highest BCUT2D eigenvalue weighted by Gasteiger charge is 2.21. The molecule has 0 saturated carbocycles. The molecule has 6 nitrogen and oxygen atoms in total. The summed E-state index contributed by atoms with van der Waals surface area (Å²) in [6.45, 7) is 6.51. The first-order valence-electron chi connectivity index (χ1n) is 7.51. The molecule has 114 valence electrons. The molecule has 0 aliphatic carbocycles. The molecule has 0 atom stereocenters. The zero-order valence-electron chi connectivity index (χ0n) is 12.5. The van der Waals surface area contributed by atoms with Crippen molar-refractivity contribution in [1.82, 2.24) is 14.8 Å². The van der Waals surface area contributed by atoms with Gasteiger partial charge >= 0.3 is 0 Å². The summed E-state index contributed by atoms with van der Waals surface area (Å²) in [6, 6.07) is 5.72. The first-order chi connectivity index (χ1) is 10.2. The average molecular weight is 290 g/mol. The van der Waals surface area contributed by atoms with Crippen molar-refractivity contribution in [1.29, 1.82) is 0 Å². The number of morpholine rings is 1. The van der Waals surface area contributed by atoms with E-state index in [-0.39, 0.29) is 5.91 Å². The molecule has 0 bridgehead atoms. The number of ether oxygens (including phenoxy) is 1. The molecule has 3 heterocycles. The molecule has 2 saturated heterocycles. The first-order valence-corrected chi connectivity index (χ1v) is 7.51. The van der Waals surface area contributed by atoms with Crippen LogP contribution in [-0.4, -0.2) is 80.2 Å². The lowest BCUT2D eigenvalue weighted by Crippen LogP contribution is -2.45. The number of nitrogens with zero attached hydrogens (tertiary/aromatic N) is 4. The van der Waals surface area contributed by atoms with Gasteiger partial charge in [0.1, 0.15) is 11.5 Å². The number of hydrogen-bond acceptors (Lipinski definition) is 5. The molecule has 0 N–H and O–H groups in total. The molecule has 2 aliphatic heterocycles. The van der Waals surface area contributed by atoms with Crippen LogP contribution in [0.3, 0.4) is 0 Å². The Morgan fingerprint density at radius 1 is 1.10 bits per heavy atom. The minimum atomic E-state index is 0.00859. The molecule has 21 heavy (non-hydrogen) atoms. The third kappa shape index (κ3) is 3.33. The van der Waals surface area contributed by atoms with Gasteiger partial charge in [-0.05, 0) is 19.2 Å². The number of carbonyl (C=O) groups excluding carboxylic acids is 1. The van der Waals surface area contributed by atoms with Crippen LogP contribution in [0.5, 0.6) is 0 Å². The molecule has 2 aliphatic rings. The summed E-state index contributed by atoms with van der Waals surface area (Å²) >= 11 is 0. The number of hydrogen-bond donors (Lipinski definition) is 0. The highest BCUT2D eigenvalue weighted by Crippen LogP contribution is 2.15. The minimum Gasteiger partial charge on any atom is -0.378 e. The van der Waals surface area contributed by atoms with E-state index in [4.69, 9.17) is 4.74 Å². The molecule has 1 aromatic rings. The van der Waals surface area contributed by atoms with Crippen molar-refractivity contribution >= 4 is 11.7 Å². The Hall–Kier alpha value is -1.66. The summed E-state index contributed by atoms with van der Waals surface area (Å²) in [5.41, 5.74) is 0.535. The van der Waals surface area contributed by atoms with Crippen LogP contribution in [-0.2, 0) is 4.74 Å². The second-order valence-electron chi connectivity index (χ2n) is 5.58. The Labute approximate surface area is 125 Å². The van der Waals surface area contributed by atoms with Crippen LogP contribution in [0.25, 0.3) is 0 Å². The van der Waals surface area contributed by atoms with Gasteiger partial charge in [0.05, 0.1) is 13.2 Å². The number of rotatable bonds is 2. The fourth-order valence-electron chi connectivity index (χ4n) is 2.68. The predicted molar refractivity (Wildman–Crippen MR) is 80.7 cm³/mol. The largest absolute Gasteiger partial charge is 0.378 e. The number of likely N-dealkylation sites (N-methyl/N-ethyl adjacent to an activating group) is 1. The van der Waals surface area contributed by atoms with Crippen molar-refractivity contribution in [2.24, 2.45) is 0 Å². The van der Waals surface area contributed by atoms with Gasteiger partial charge in [0.2, 0.25) is 0 Å². The van der Waals surface area contributed by atoms with E-state index in [1.807, 2.05) is 17.0 Å². The van der Waals surface area contributed by atoms with Gasteiger partial charge in [0.25, 0.3) is 5.91 Å². The van der Waals surface area contributed by atoms with E-state index in [9.17, 15) is 4.79 Å². The van der Waals surface area contributed by atoms with Gasteiger partial charge < -0.3 is 19.4 Å². The Kier molecular flexibility index (Phi) is 4.36. The van der Waals surface area contributed by atoms with Crippen LogP contribution in [0, 0.1) is 0 Å². The molecule has 1 amide bonds. The Morgan fingerprint density at radius 2 is 1.81 bits per heavy atom. The summed E-state index contributed by atoms with van der Waals surface area (Å²) in [7, 11) is 2.13. The van der Waals surface area contributed by atoms with E-state index in [1.54, 1.807) is 6.07 Å². The Morgan fingerprint density at radius 3 is 2.52 bits per heavy atom. The maximum Gasteiger partial charge on any atom is 0.272 e. The maximum absolute atomic E-state index is 12.5. The summed E-state index contributed by atoms with van der Waals surface area (Å²) in [5.74, 6) is 0.913. The quantitative estimate of drug-likeness (QED) is 0.784. The lowest BCUT2D eigenvalue weighted by Gasteiger charge is -2.33. The first kappa shape index (κ1) is 14.3. The predicted octanol–water partition coefficient (Wildman–Crippen LogP) is 0.306. The number of pyridine rings is 1. The number of piperazine rings is 1. The Bertz CT molecular complexity index is 494. The standard InChI is InChI=1S/C15H22N4O2/c1-17-5-7-18(8-6-17)14-4-2-3-13(16-14)15(20)19-9-11-21-12-10-19/h2-4H,5-12H2,1H3. The van der Waals surface area contributed by atoms with Crippen molar-refractivity contribution < 1.29 is 9.53 Å². The number of aromatic nitrogens is 1. The summed E-state index contributed by atoms with van der Waals surface area (Å²) < 4.78 is 5.29. The topological polar surface area (TPSA) is 48.9 Å². The highest BCUT2D eigenvalue weighted by molar-refractivity contribution is 5.92. The molecule has 0 aromatic carbocycles. The van der Waals surface area contributed by atoms with Gasteiger partial charge in [-0.1, -0.05) is 6.07 Å². The van der Waals surface area contributed by atoms with Crippen molar-refractivity contribution in [3.8, 4) is 0 Å². The second kappa shape index (κ2) is 6.41. The summed E-state index contributed by atoms with van der Waals surface area (Å²) in [4.78, 5) is 23.4. The number of carbonyl (C=O) groups is 1.